The van der Waals surface area contributed by atoms with Crippen molar-refractivity contribution in [1.29, 1.82) is 0 Å². The first-order valence-corrected chi connectivity index (χ1v) is 3.25. The third-order valence-corrected chi connectivity index (χ3v) is 1.54. The van der Waals surface area contributed by atoms with Crippen molar-refractivity contribution in [2.45, 2.75) is 25.4 Å². The monoisotopic (exact) mass is 115 g/mol. The summed E-state index contributed by atoms with van der Waals surface area (Å²) in [5.41, 5.74) is 5.38. The lowest BCUT2D eigenvalue weighted by molar-refractivity contribution is 0.0222. The van der Waals surface area contributed by atoms with Gasteiger partial charge in [-0.2, -0.15) is 0 Å². The van der Waals surface area contributed by atoms with Gasteiger partial charge in [0, 0.05) is 13.2 Å². The Bertz CT molecular complexity index is 59.5. The molecule has 1 aliphatic heterocycles. The van der Waals surface area contributed by atoms with Crippen LogP contribution in [-0.2, 0) is 4.74 Å². The molecular weight excluding hydrogens is 102 g/mol. The molecule has 48 valence electrons. The van der Waals surface area contributed by atoms with Crippen LogP contribution >= 0.6 is 0 Å². The Kier molecular flexibility index (Phi) is 2.30. The molecule has 0 unspecified atom stereocenters. The fourth-order valence-corrected chi connectivity index (χ4v) is 0.993. The Hall–Kier alpha value is -0.0800. The lowest BCUT2D eigenvalue weighted by Gasteiger charge is -2.20. The predicted octanol–water partition coefficient (Wildman–Crippen LogP) is 0.514. The van der Waals surface area contributed by atoms with Crippen LogP contribution in [0.4, 0.5) is 0 Å². The Labute approximate surface area is 50.0 Å². The Balaban J connectivity index is 2.13. The molecule has 8 heavy (non-hydrogen) atoms. The summed E-state index contributed by atoms with van der Waals surface area (Å²) in [6.45, 7) is 1.61. The summed E-state index contributed by atoms with van der Waals surface area (Å²) in [4.78, 5) is 0. The van der Waals surface area contributed by atoms with Gasteiger partial charge in [0.2, 0.25) is 0 Å². The highest BCUT2D eigenvalue weighted by atomic mass is 16.5. The third-order valence-electron chi connectivity index (χ3n) is 1.54. The molecule has 0 bridgehead atoms. The van der Waals surface area contributed by atoms with E-state index in [0.29, 0.717) is 12.6 Å². The van der Waals surface area contributed by atoms with Gasteiger partial charge in [-0.25, -0.2) is 0 Å². The van der Waals surface area contributed by atoms with Gasteiger partial charge in [-0.15, -0.1) is 0 Å². The van der Waals surface area contributed by atoms with E-state index >= 15 is 0 Å². The summed E-state index contributed by atoms with van der Waals surface area (Å²) >= 11 is 0. The van der Waals surface area contributed by atoms with E-state index in [9.17, 15) is 0 Å². The van der Waals surface area contributed by atoms with Gasteiger partial charge < -0.3 is 10.5 Å². The average Bonchev–Trinajstić information content (AvgIpc) is 1.90. The maximum Gasteiger partial charge on any atom is 0.0697 e. The molecule has 0 aromatic rings. The van der Waals surface area contributed by atoms with Crippen LogP contribution in [0.3, 0.4) is 0 Å². The van der Waals surface area contributed by atoms with Gasteiger partial charge in [-0.1, -0.05) is 0 Å². The summed E-state index contributed by atoms with van der Waals surface area (Å²) < 4.78 is 5.30. The van der Waals surface area contributed by atoms with Crippen molar-refractivity contribution in [3.63, 3.8) is 0 Å². The first-order chi connectivity index (χ1) is 3.93. The van der Waals surface area contributed by atoms with Gasteiger partial charge in [-0.05, 0) is 19.3 Å². The van der Waals surface area contributed by atoms with Crippen molar-refractivity contribution in [2.75, 3.05) is 13.2 Å². The number of rotatable bonds is 1. The Morgan fingerprint density at radius 3 is 2.75 bits per heavy atom. The number of hydrogen-bond donors (Lipinski definition) is 1. The van der Waals surface area contributed by atoms with Crippen molar-refractivity contribution in [1.82, 2.24) is 0 Å². The van der Waals surface area contributed by atoms with E-state index in [2.05, 4.69) is 0 Å². The van der Waals surface area contributed by atoms with Crippen LogP contribution in [0.5, 0.6) is 0 Å². The second-order valence-electron chi connectivity index (χ2n) is 2.22. The number of ether oxygens (including phenoxy) is 1. The maximum absolute atomic E-state index is 5.38. The second-order valence-corrected chi connectivity index (χ2v) is 2.22. The fraction of sp³-hybridized carbons (Fsp3) is 1.00. The summed E-state index contributed by atoms with van der Waals surface area (Å²) in [5.74, 6) is 0. The van der Waals surface area contributed by atoms with Crippen molar-refractivity contribution < 1.29 is 4.74 Å². The van der Waals surface area contributed by atoms with Gasteiger partial charge >= 0.3 is 0 Å². The fourth-order valence-electron chi connectivity index (χ4n) is 0.993. The highest BCUT2D eigenvalue weighted by molar-refractivity contribution is 4.62. The molecule has 0 aromatic carbocycles. The minimum absolute atomic E-state index is 0.365. The molecule has 0 aliphatic carbocycles. The minimum atomic E-state index is 0.365. The second kappa shape index (κ2) is 3.05. The summed E-state index contributed by atoms with van der Waals surface area (Å²) in [6.07, 6.45) is 4.04. The van der Waals surface area contributed by atoms with Crippen LogP contribution in [0.2, 0.25) is 0 Å². The molecule has 2 heteroatoms. The molecule has 0 radical (unpaired) electrons. The van der Waals surface area contributed by atoms with Crippen LogP contribution in [0.1, 0.15) is 19.3 Å². The predicted molar refractivity (Wildman–Crippen MR) is 32.6 cm³/mol. The molecule has 1 heterocycles. The molecule has 0 aromatic heterocycles. The van der Waals surface area contributed by atoms with Crippen molar-refractivity contribution >= 4 is 0 Å². The summed E-state index contributed by atoms with van der Waals surface area (Å²) in [7, 11) is 0. The lowest BCUT2D eigenvalue weighted by atomic mass is 10.1. The minimum Gasteiger partial charge on any atom is -0.377 e. The third kappa shape index (κ3) is 1.46. The number of hydrogen-bond acceptors (Lipinski definition) is 2. The molecule has 2 N–H and O–H groups in total. The van der Waals surface area contributed by atoms with Crippen LogP contribution in [0.15, 0.2) is 0 Å². The van der Waals surface area contributed by atoms with Crippen LogP contribution in [-0.4, -0.2) is 19.3 Å². The summed E-state index contributed by atoms with van der Waals surface area (Å²) in [5, 5.41) is 0. The zero-order chi connectivity index (χ0) is 5.82. The Morgan fingerprint density at radius 2 is 2.38 bits per heavy atom. The van der Waals surface area contributed by atoms with E-state index < -0.39 is 0 Å². The largest absolute Gasteiger partial charge is 0.377 e. The molecular formula is C6H13NO. The molecule has 0 amide bonds. The Morgan fingerprint density at radius 1 is 1.50 bits per heavy atom. The highest BCUT2D eigenvalue weighted by Gasteiger charge is 2.10. The van der Waals surface area contributed by atoms with Crippen LogP contribution in [0, 0.1) is 0 Å². The first kappa shape index (κ1) is 6.05. The summed E-state index contributed by atoms with van der Waals surface area (Å²) in [6, 6.07) is 0. The first-order valence-electron chi connectivity index (χ1n) is 3.25. The molecule has 2 nitrogen and oxygen atoms in total. The molecule has 0 saturated carbocycles. The molecule has 1 rings (SSSR count). The van der Waals surface area contributed by atoms with E-state index in [1.807, 2.05) is 0 Å². The molecule has 1 saturated heterocycles. The van der Waals surface area contributed by atoms with Gasteiger partial charge in [0.1, 0.15) is 0 Å². The smallest absolute Gasteiger partial charge is 0.0697 e. The van der Waals surface area contributed by atoms with E-state index in [0.717, 1.165) is 13.0 Å². The zero-order valence-corrected chi connectivity index (χ0v) is 5.10. The zero-order valence-electron chi connectivity index (χ0n) is 5.10. The van der Waals surface area contributed by atoms with Crippen molar-refractivity contribution in [3.8, 4) is 0 Å². The van der Waals surface area contributed by atoms with Crippen molar-refractivity contribution in [2.24, 2.45) is 5.73 Å². The van der Waals surface area contributed by atoms with Gasteiger partial charge in [-0.3, -0.25) is 0 Å². The molecule has 1 fully saturated rings. The average molecular weight is 115 g/mol. The number of nitrogens with two attached hydrogens (primary N) is 1. The molecule has 1 aliphatic rings. The molecule has 1 atom stereocenters. The quantitative estimate of drug-likeness (QED) is 0.540. The SMILES string of the molecule is NC[C@H]1CCCCO1. The van der Waals surface area contributed by atoms with Gasteiger partial charge in [0.05, 0.1) is 6.10 Å². The van der Waals surface area contributed by atoms with Crippen LogP contribution in [0.25, 0.3) is 0 Å². The molecule has 0 spiro atoms. The highest BCUT2D eigenvalue weighted by Crippen LogP contribution is 2.10. The van der Waals surface area contributed by atoms with Crippen molar-refractivity contribution in [3.05, 3.63) is 0 Å². The lowest BCUT2D eigenvalue weighted by Crippen LogP contribution is -2.27. The van der Waals surface area contributed by atoms with E-state index in [4.69, 9.17) is 10.5 Å². The topological polar surface area (TPSA) is 35.2 Å². The van der Waals surface area contributed by atoms with E-state index in [-0.39, 0.29) is 0 Å². The standard InChI is InChI=1S/C6H13NO/c7-5-6-3-1-2-4-8-6/h6H,1-5,7H2/t6-/m1/s1. The van der Waals surface area contributed by atoms with Crippen LogP contribution < -0.4 is 5.73 Å². The normalized spacial score (nSPS) is 30.4. The maximum atomic E-state index is 5.38. The van der Waals surface area contributed by atoms with Gasteiger partial charge in [0.15, 0.2) is 0 Å². The van der Waals surface area contributed by atoms with E-state index in [1.165, 1.54) is 12.8 Å². The van der Waals surface area contributed by atoms with E-state index in [1.54, 1.807) is 0 Å². The van der Waals surface area contributed by atoms with Gasteiger partial charge in [0.25, 0.3) is 0 Å².